The molecular weight excluding hydrogens is 589 g/mol. The van der Waals surface area contributed by atoms with Gasteiger partial charge in [0.15, 0.2) is 0 Å². The van der Waals surface area contributed by atoms with Crippen LogP contribution in [0.1, 0.15) is 55.1 Å². The van der Waals surface area contributed by atoms with Gasteiger partial charge in [-0.3, -0.25) is 14.5 Å². The molecule has 1 aliphatic rings. The molecule has 1 atom stereocenters. The second-order valence-corrected chi connectivity index (χ2v) is 11.2. The minimum atomic E-state index is -4.78. The quantitative estimate of drug-likeness (QED) is 0.276. The first kappa shape index (κ1) is 32.2. The molecule has 8 nitrogen and oxygen atoms in total. The van der Waals surface area contributed by atoms with Gasteiger partial charge in [0.1, 0.15) is 34.8 Å². The van der Waals surface area contributed by atoms with Crippen LogP contribution in [0.3, 0.4) is 0 Å². The zero-order valence-corrected chi connectivity index (χ0v) is 24.3. The zero-order valence-electron chi connectivity index (χ0n) is 24.3. The van der Waals surface area contributed by atoms with Gasteiger partial charge in [-0.05, 0) is 101 Å². The summed E-state index contributed by atoms with van der Waals surface area (Å²) < 4.78 is 79.8. The lowest BCUT2D eigenvalue weighted by molar-refractivity contribution is -0.137. The van der Waals surface area contributed by atoms with E-state index < -0.39 is 58.5 Å². The van der Waals surface area contributed by atoms with Crippen LogP contribution in [0.5, 0.6) is 11.5 Å². The number of aryl methyl sites for hydroxylation is 1. The lowest BCUT2D eigenvalue weighted by atomic mass is 10.1. The van der Waals surface area contributed by atoms with Crippen molar-refractivity contribution in [2.45, 2.75) is 58.4 Å². The Hall–Kier alpha value is -4.68. The maximum absolute atomic E-state index is 14.7. The van der Waals surface area contributed by atoms with Gasteiger partial charge >= 0.3 is 12.3 Å². The van der Waals surface area contributed by atoms with Crippen LogP contribution in [0, 0.1) is 18.6 Å². The fourth-order valence-corrected chi connectivity index (χ4v) is 4.51. The molecule has 0 aromatic heterocycles. The van der Waals surface area contributed by atoms with Gasteiger partial charge in [0.25, 0.3) is 5.91 Å². The van der Waals surface area contributed by atoms with Crippen LogP contribution < -0.4 is 15.4 Å². The average molecular weight is 620 g/mol. The molecule has 1 unspecified atom stereocenters. The minimum Gasteiger partial charge on any atom is -0.456 e. The summed E-state index contributed by atoms with van der Waals surface area (Å²) in [6, 6.07) is 8.10. The summed E-state index contributed by atoms with van der Waals surface area (Å²) in [4.78, 5) is 40.1. The normalized spacial score (nSPS) is 15.1. The molecule has 13 heteroatoms. The van der Waals surface area contributed by atoms with E-state index in [0.29, 0.717) is 24.5 Å². The number of hydrogen-bond acceptors (Lipinski definition) is 5. The molecule has 0 bridgehead atoms. The first-order valence-corrected chi connectivity index (χ1v) is 13.6. The monoisotopic (exact) mass is 619 g/mol. The van der Waals surface area contributed by atoms with Crippen molar-refractivity contribution in [1.82, 2.24) is 4.90 Å². The van der Waals surface area contributed by atoms with Gasteiger partial charge in [0.2, 0.25) is 5.91 Å². The number of rotatable bonds is 6. The molecule has 2 N–H and O–H groups in total. The van der Waals surface area contributed by atoms with E-state index in [-0.39, 0.29) is 29.4 Å². The zero-order chi connectivity index (χ0) is 32.4. The summed E-state index contributed by atoms with van der Waals surface area (Å²) in [6.45, 7) is 6.84. The second kappa shape index (κ2) is 12.5. The topological polar surface area (TPSA) is 97.0 Å². The SMILES string of the molecule is Cc1cc(F)ccc1Oc1ccc(C(F)(F)F)cc1C(=O)Nc1ccc(F)c(NC(=O)C2CCCN2C(=O)OC(C)(C)C)c1. The van der Waals surface area contributed by atoms with Crippen LogP contribution in [0.2, 0.25) is 0 Å². The molecule has 44 heavy (non-hydrogen) atoms. The number of nitrogens with zero attached hydrogens (tertiary/aromatic N) is 1. The van der Waals surface area contributed by atoms with Crippen molar-refractivity contribution in [2.24, 2.45) is 0 Å². The Morgan fingerprint density at radius 1 is 0.909 bits per heavy atom. The van der Waals surface area contributed by atoms with Crippen LogP contribution in [0.25, 0.3) is 0 Å². The molecule has 0 aliphatic carbocycles. The number of likely N-dealkylation sites (tertiary alicyclic amines) is 1. The second-order valence-electron chi connectivity index (χ2n) is 11.2. The largest absolute Gasteiger partial charge is 0.456 e. The van der Waals surface area contributed by atoms with E-state index in [9.17, 15) is 36.3 Å². The van der Waals surface area contributed by atoms with Crippen molar-refractivity contribution in [3.63, 3.8) is 0 Å². The lowest BCUT2D eigenvalue weighted by Gasteiger charge is -2.28. The highest BCUT2D eigenvalue weighted by molar-refractivity contribution is 6.07. The van der Waals surface area contributed by atoms with Crippen molar-refractivity contribution >= 4 is 29.3 Å². The molecule has 3 aromatic carbocycles. The third-order valence-electron chi connectivity index (χ3n) is 6.57. The molecule has 0 saturated carbocycles. The summed E-state index contributed by atoms with van der Waals surface area (Å²) in [6.07, 6.45) is -4.63. The van der Waals surface area contributed by atoms with Crippen molar-refractivity contribution in [3.8, 4) is 11.5 Å². The molecule has 1 saturated heterocycles. The van der Waals surface area contributed by atoms with E-state index in [1.807, 2.05) is 0 Å². The number of ether oxygens (including phenoxy) is 2. The van der Waals surface area contributed by atoms with Crippen molar-refractivity contribution in [1.29, 1.82) is 0 Å². The molecule has 3 amide bonds. The summed E-state index contributed by atoms with van der Waals surface area (Å²) >= 11 is 0. The minimum absolute atomic E-state index is 0.0524. The van der Waals surface area contributed by atoms with Crippen LogP contribution in [0.15, 0.2) is 54.6 Å². The predicted molar refractivity (Wildman–Crippen MR) is 152 cm³/mol. The maximum atomic E-state index is 14.7. The third kappa shape index (κ3) is 7.82. The third-order valence-corrected chi connectivity index (χ3v) is 6.57. The van der Waals surface area contributed by atoms with Gasteiger partial charge in [0.05, 0.1) is 16.8 Å². The number of alkyl halides is 3. The Balaban J connectivity index is 1.56. The summed E-state index contributed by atoms with van der Waals surface area (Å²) in [7, 11) is 0. The Labute approximate surface area is 250 Å². The summed E-state index contributed by atoms with van der Waals surface area (Å²) in [5.74, 6) is -3.25. The maximum Gasteiger partial charge on any atom is 0.416 e. The van der Waals surface area contributed by atoms with E-state index in [4.69, 9.17) is 9.47 Å². The van der Waals surface area contributed by atoms with Crippen LogP contribution in [0.4, 0.5) is 38.1 Å². The lowest BCUT2D eigenvalue weighted by Crippen LogP contribution is -2.45. The highest BCUT2D eigenvalue weighted by atomic mass is 19.4. The van der Waals surface area contributed by atoms with E-state index in [1.54, 1.807) is 20.8 Å². The fourth-order valence-electron chi connectivity index (χ4n) is 4.51. The molecule has 234 valence electrons. The number of carbonyl (C=O) groups excluding carboxylic acids is 3. The molecule has 3 aromatic rings. The summed E-state index contributed by atoms with van der Waals surface area (Å²) in [5, 5.41) is 4.82. The van der Waals surface area contributed by atoms with Gasteiger partial charge < -0.3 is 20.1 Å². The molecule has 0 spiro atoms. The Morgan fingerprint density at radius 3 is 2.27 bits per heavy atom. The van der Waals surface area contributed by atoms with Gasteiger partial charge in [-0.2, -0.15) is 13.2 Å². The van der Waals surface area contributed by atoms with Crippen LogP contribution >= 0.6 is 0 Å². The first-order valence-electron chi connectivity index (χ1n) is 13.6. The molecule has 4 rings (SSSR count). The predicted octanol–water partition coefficient (Wildman–Crippen LogP) is 7.67. The summed E-state index contributed by atoms with van der Waals surface area (Å²) in [5.41, 5.74) is -2.46. The fraction of sp³-hybridized carbons (Fsp3) is 0.323. The number of amides is 3. The van der Waals surface area contributed by atoms with E-state index in [2.05, 4.69) is 10.6 Å². The molecule has 0 radical (unpaired) electrons. The van der Waals surface area contributed by atoms with Gasteiger partial charge in [-0.15, -0.1) is 0 Å². The van der Waals surface area contributed by atoms with Gasteiger partial charge in [-0.1, -0.05) is 0 Å². The number of halogens is 5. The van der Waals surface area contributed by atoms with Crippen LogP contribution in [-0.4, -0.2) is 41.0 Å². The highest BCUT2D eigenvalue weighted by Gasteiger charge is 2.37. The number of anilines is 2. The number of carbonyl (C=O) groups is 3. The Bertz CT molecular complexity index is 1590. The van der Waals surface area contributed by atoms with Crippen molar-refractivity contribution in [3.05, 3.63) is 82.9 Å². The van der Waals surface area contributed by atoms with E-state index in [1.165, 1.54) is 17.9 Å². The molecule has 1 aliphatic heterocycles. The average Bonchev–Trinajstić information content (AvgIpc) is 3.41. The first-order chi connectivity index (χ1) is 20.5. The Kier molecular flexibility index (Phi) is 9.17. The standard InChI is InChI=1S/C31H30F5N3O5/c1-17-14-19(32)8-12-25(17)43-26-11-7-18(31(34,35)36)15-21(26)27(40)37-20-9-10-22(33)23(16-20)38-28(41)24-6-5-13-39(24)29(42)44-30(2,3)4/h7-12,14-16,24H,5-6,13H2,1-4H3,(H,37,40)(H,38,41). The van der Waals surface area contributed by atoms with Crippen molar-refractivity contribution < 1.29 is 45.8 Å². The number of hydrogen-bond donors (Lipinski definition) is 2. The highest BCUT2D eigenvalue weighted by Crippen LogP contribution is 2.35. The van der Waals surface area contributed by atoms with Gasteiger partial charge in [0, 0.05) is 12.2 Å². The molecule has 1 fully saturated rings. The number of benzene rings is 3. The smallest absolute Gasteiger partial charge is 0.416 e. The molecular formula is C31H30F5N3O5. The van der Waals surface area contributed by atoms with Crippen LogP contribution in [-0.2, 0) is 15.7 Å². The van der Waals surface area contributed by atoms with Gasteiger partial charge in [-0.25, -0.2) is 13.6 Å². The number of nitrogens with one attached hydrogen (secondary N) is 2. The van der Waals surface area contributed by atoms with Crippen molar-refractivity contribution in [2.75, 3.05) is 17.2 Å². The Morgan fingerprint density at radius 2 is 1.61 bits per heavy atom. The van der Waals surface area contributed by atoms with E-state index in [0.717, 1.165) is 42.5 Å². The van der Waals surface area contributed by atoms with E-state index >= 15 is 0 Å². The molecule has 1 heterocycles.